The van der Waals surface area contributed by atoms with Crippen LogP contribution in [0.1, 0.15) is 37.3 Å². The Morgan fingerprint density at radius 3 is 2.60 bits per heavy atom. The van der Waals surface area contributed by atoms with Crippen molar-refractivity contribution in [1.82, 2.24) is 10.2 Å². The summed E-state index contributed by atoms with van der Waals surface area (Å²) in [5, 5.41) is 3.42. The minimum absolute atomic E-state index is 0.544. The van der Waals surface area contributed by atoms with E-state index in [1.807, 2.05) is 0 Å². The lowest BCUT2D eigenvalue weighted by atomic mass is 10.0. The quantitative estimate of drug-likeness (QED) is 0.703. The number of nitrogens with zero attached hydrogens (tertiary/aromatic N) is 1. The van der Waals surface area contributed by atoms with Gasteiger partial charge in [-0.1, -0.05) is 26.0 Å². The van der Waals surface area contributed by atoms with Gasteiger partial charge in [-0.25, -0.2) is 0 Å². The van der Waals surface area contributed by atoms with E-state index in [1.54, 1.807) is 0 Å². The lowest BCUT2D eigenvalue weighted by Crippen LogP contribution is -2.25. The van der Waals surface area contributed by atoms with Crippen LogP contribution in [0.5, 0.6) is 5.75 Å². The Morgan fingerprint density at radius 2 is 1.95 bits per heavy atom. The van der Waals surface area contributed by atoms with Crippen LogP contribution in [0.3, 0.4) is 0 Å². The Balaban J connectivity index is 2.26. The molecule has 3 heteroatoms. The van der Waals surface area contributed by atoms with Gasteiger partial charge in [0.1, 0.15) is 12.4 Å². The summed E-state index contributed by atoms with van der Waals surface area (Å²) in [6, 6.07) is 6.51. The molecule has 0 heterocycles. The van der Waals surface area contributed by atoms with Crippen LogP contribution in [0.4, 0.5) is 0 Å². The predicted molar refractivity (Wildman–Crippen MR) is 86.8 cm³/mol. The van der Waals surface area contributed by atoms with Crippen molar-refractivity contribution < 1.29 is 4.74 Å². The standard InChI is InChI=1S/C17H30N2O/c1-14(2)16-8-7-15(3)17(13-16)20-12-10-18-9-6-11-19(4)5/h7-8,13-14,18H,6,9-12H2,1-5H3. The highest BCUT2D eigenvalue weighted by molar-refractivity contribution is 5.37. The van der Waals surface area contributed by atoms with Gasteiger partial charge in [0.2, 0.25) is 0 Å². The van der Waals surface area contributed by atoms with Crippen LogP contribution in [-0.4, -0.2) is 45.2 Å². The molecule has 0 aliphatic carbocycles. The predicted octanol–water partition coefficient (Wildman–Crippen LogP) is 3.04. The fraction of sp³-hybridized carbons (Fsp3) is 0.647. The second kappa shape index (κ2) is 8.98. The first-order valence-electron chi connectivity index (χ1n) is 7.59. The van der Waals surface area contributed by atoms with Gasteiger partial charge in [0, 0.05) is 6.54 Å². The molecule has 0 aliphatic heterocycles. The molecule has 114 valence electrons. The van der Waals surface area contributed by atoms with E-state index in [1.165, 1.54) is 17.5 Å². The first kappa shape index (κ1) is 17.0. The first-order chi connectivity index (χ1) is 9.50. The number of nitrogens with one attached hydrogen (secondary N) is 1. The number of rotatable bonds is 9. The van der Waals surface area contributed by atoms with E-state index in [0.717, 1.165) is 32.0 Å². The van der Waals surface area contributed by atoms with Gasteiger partial charge in [-0.2, -0.15) is 0 Å². The summed E-state index contributed by atoms with van der Waals surface area (Å²) in [5.41, 5.74) is 2.55. The van der Waals surface area contributed by atoms with Crippen molar-refractivity contribution in [2.75, 3.05) is 40.3 Å². The molecule has 1 rings (SSSR count). The fourth-order valence-electron chi connectivity index (χ4n) is 2.01. The Kier molecular flexibility index (Phi) is 7.63. The maximum atomic E-state index is 5.88. The van der Waals surface area contributed by atoms with Gasteiger partial charge in [-0.3, -0.25) is 0 Å². The zero-order chi connectivity index (χ0) is 15.0. The summed E-state index contributed by atoms with van der Waals surface area (Å²) in [6.07, 6.45) is 1.18. The first-order valence-corrected chi connectivity index (χ1v) is 7.59. The van der Waals surface area contributed by atoms with Gasteiger partial charge in [0.15, 0.2) is 0 Å². The van der Waals surface area contributed by atoms with Gasteiger partial charge >= 0.3 is 0 Å². The van der Waals surface area contributed by atoms with Crippen LogP contribution >= 0.6 is 0 Å². The van der Waals surface area contributed by atoms with E-state index < -0.39 is 0 Å². The van der Waals surface area contributed by atoms with Crippen LogP contribution in [0.2, 0.25) is 0 Å². The normalized spacial score (nSPS) is 11.3. The minimum atomic E-state index is 0.544. The van der Waals surface area contributed by atoms with Crippen molar-refractivity contribution in [3.05, 3.63) is 29.3 Å². The highest BCUT2D eigenvalue weighted by Gasteiger charge is 2.04. The summed E-state index contributed by atoms with van der Waals surface area (Å²) in [6.45, 7) is 10.3. The molecule has 0 spiro atoms. The Morgan fingerprint density at radius 1 is 1.20 bits per heavy atom. The summed E-state index contributed by atoms with van der Waals surface area (Å²) < 4.78 is 5.88. The second-order valence-electron chi connectivity index (χ2n) is 5.93. The van der Waals surface area contributed by atoms with E-state index in [4.69, 9.17) is 4.74 Å². The molecule has 0 atom stereocenters. The van der Waals surface area contributed by atoms with Gasteiger partial charge in [-0.05, 0) is 63.6 Å². The van der Waals surface area contributed by atoms with Crippen LogP contribution in [0.25, 0.3) is 0 Å². The highest BCUT2D eigenvalue weighted by Crippen LogP contribution is 2.24. The van der Waals surface area contributed by atoms with Crippen molar-refractivity contribution in [2.45, 2.75) is 33.1 Å². The summed E-state index contributed by atoms with van der Waals surface area (Å²) in [4.78, 5) is 2.21. The summed E-state index contributed by atoms with van der Waals surface area (Å²) >= 11 is 0. The molecule has 0 bridgehead atoms. The summed E-state index contributed by atoms with van der Waals surface area (Å²) in [7, 11) is 4.21. The maximum Gasteiger partial charge on any atom is 0.122 e. The van der Waals surface area contributed by atoms with Crippen LogP contribution in [0.15, 0.2) is 18.2 Å². The van der Waals surface area contributed by atoms with Crippen molar-refractivity contribution in [3.63, 3.8) is 0 Å². The third kappa shape index (κ3) is 6.40. The third-order valence-electron chi connectivity index (χ3n) is 3.37. The monoisotopic (exact) mass is 278 g/mol. The number of benzene rings is 1. The number of hydrogen-bond acceptors (Lipinski definition) is 3. The second-order valence-corrected chi connectivity index (χ2v) is 5.93. The lowest BCUT2D eigenvalue weighted by Gasteiger charge is -2.13. The summed E-state index contributed by atoms with van der Waals surface area (Å²) in [5.74, 6) is 1.56. The molecule has 0 amide bonds. The average molecular weight is 278 g/mol. The maximum absolute atomic E-state index is 5.88. The molecule has 0 fully saturated rings. The molecule has 1 aromatic rings. The average Bonchev–Trinajstić information content (AvgIpc) is 2.38. The van der Waals surface area contributed by atoms with Crippen molar-refractivity contribution >= 4 is 0 Å². The number of hydrogen-bond donors (Lipinski definition) is 1. The minimum Gasteiger partial charge on any atom is -0.492 e. The van der Waals surface area contributed by atoms with Gasteiger partial charge in [0.25, 0.3) is 0 Å². The third-order valence-corrected chi connectivity index (χ3v) is 3.37. The van der Waals surface area contributed by atoms with Gasteiger partial charge in [-0.15, -0.1) is 0 Å². The van der Waals surface area contributed by atoms with Crippen molar-refractivity contribution in [2.24, 2.45) is 0 Å². The Bertz CT molecular complexity index is 389. The molecular formula is C17H30N2O. The molecule has 20 heavy (non-hydrogen) atoms. The van der Waals surface area contributed by atoms with Crippen LogP contribution in [-0.2, 0) is 0 Å². The van der Waals surface area contributed by atoms with E-state index in [9.17, 15) is 0 Å². The Hall–Kier alpha value is -1.06. The fourth-order valence-corrected chi connectivity index (χ4v) is 2.01. The van der Waals surface area contributed by atoms with E-state index in [0.29, 0.717) is 5.92 Å². The van der Waals surface area contributed by atoms with Gasteiger partial charge in [0.05, 0.1) is 0 Å². The SMILES string of the molecule is Cc1ccc(C(C)C)cc1OCCNCCCN(C)C. The highest BCUT2D eigenvalue weighted by atomic mass is 16.5. The molecule has 3 nitrogen and oxygen atoms in total. The smallest absolute Gasteiger partial charge is 0.122 e. The molecule has 0 saturated heterocycles. The molecule has 1 N–H and O–H groups in total. The zero-order valence-electron chi connectivity index (χ0n) is 13.7. The number of ether oxygens (including phenoxy) is 1. The van der Waals surface area contributed by atoms with Crippen molar-refractivity contribution in [1.29, 1.82) is 0 Å². The largest absolute Gasteiger partial charge is 0.492 e. The van der Waals surface area contributed by atoms with Crippen LogP contribution in [0, 0.1) is 6.92 Å². The van der Waals surface area contributed by atoms with Gasteiger partial charge < -0.3 is 15.0 Å². The Labute approximate surface area is 124 Å². The molecule has 0 radical (unpaired) electrons. The van der Waals surface area contributed by atoms with E-state index in [2.05, 4.69) is 63.3 Å². The lowest BCUT2D eigenvalue weighted by molar-refractivity contribution is 0.309. The molecule has 0 aliphatic rings. The molecular weight excluding hydrogens is 248 g/mol. The zero-order valence-corrected chi connectivity index (χ0v) is 13.7. The van der Waals surface area contributed by atoms with E-state index in [-0.39, 0.29) is 0 Å². The topological polar surface area (TPSA) is 24.5 Å². The van der Waals surface area contributed by atoms with Crippen molar-refractivity contribution in [3.8, 4) is 5.75 Å². The molecule has 0 saturated carbocycles. The number of aryl methyl sites for hydroxylation is 1. The van der Waals surface area contributed by atoms with E-state index >= 15 is 0 Å². The molecule has 0 aromatic heterocycles. The molecule has 0 unspecified atom stereocenters. The van der Waals surface area contributed by atoms with Crippen LogP contribution < -0.4 is 10.1 Å². The molecule has 1 aromatic carbocycles.